The van der Waals surface area contributed by atoms with Gasteiger partial charge in [0, 0.05) is 17.7 Å². The van der Waals surface area contributed by atoms with Gasteiger partial charge < -0.3 is 19.9 Å². The number of halogens is 1. The molecule has 4 nitrogen and oxygen atoms in total. The molecule has 1 aromatic carbocycles. The smallest absolute Gasteiger partial charge is 0.164 e. The summed E-state index contributed by atoms with van der Waals surface area (Å²) in [5.74, 6) is 2.68. The molecule has 0 amide bonds. The van der Waals surface area contributed by atoms with Crippen LogP contribution in [0.1, 0.15) is 37.3 Å². The summed E-state index contributed by atoms with van der Waals surface area (Å²) in [6.07, 6.45) is 4.93. The largest absolute Gasteiger partial charge is 0.496 e. The lowest BCUT2D eigenvalue weighted by molar-refractivity contribution is 0.342. The van der Waals surface area contributed by atoms with Crippen molar-refractivity contribution in [3.05, 3.63) is 17.7 Å². The molecular weight excluding hydrogens is 278 g/mol. The Morgan fingerprint density at radius 3 is 1.95 bits per heavy atom. The van der Waals surface area contributed by atoms with E-state index in [1.807, 2.05) is 12.1 Å². The van der Waals surface area contributed by atoms with Gasteiger partial charge in [0.05, 0.1) is 21.3 Å². The van der Waals surface area contributed by atoms with Gasteiger partial charge in [-0.05, 0) is 24.8 Å². The molecule has 0 bridgehead atoms. The summed E-state index contributed by atoms with van der Waals surface area (Å²) >= 11 is 0. The zero-order chi connectivity index (χ0) is 13.8. The van der Waals surface area contributed by atoms with Crippen LogP contribution >= 0.6 is 12.4 Å². The van der Waals surface area contributed by atoms with Crippen molar-refractivity contribution in [3.8, 4) is 17.2 Å². The summed E-state index contributed by atoms with van der Waals surface area (Å²) in [5.41, 5.74) is 7.42. The van der Waals surface area contributed by atoms with E-state index in [9.17, 15) is 0 Å². The van der Waals surface area contributed by atoms with Crippen LogP contribution in [0.5, 0.6) is 17.2 Å². The Labute approximate surface area is 127 Å². The van der Waals surface area contributed by atoms with Crippen LogP contribution in [0.4, 0.5) is 0 Å². The third-order valence-corrected chi connectivity index (χ3v) is 4.00. The highest BCUT2D eigenvalue weighted by molar-refractivity contribution is 5.85. The molecule has 1 aliphatic rings. The number of ether oxygens (including phenoxy) is 3. The zero-order valence-corrected chi connectivity index (χ0v) is 13.2. The first-order chi connectivity index (χ1) is 9.21. The van der Waals surface area contributed by atoms with E-state index < -0.39 is 0 Å². The van der Waals surface area contributed by atoms with E-state index in [4.69, 9.17) is 19.9 Å². The highest BCUT2D eigenvalue weighted by atomic mass is 35.5. The Bertz CT molecular complexity index is 433. The summed E-state index contributed by atoms with van der Waals surface area (Å²) < 4.78 is 16.1. The maximum absolute atomic E-state index is 6.42. The fourth-order valence-corrected chi connectivity index (χ4v) is 2.88. The number of benzene rings is 1. The van der Waals surface area contributed by atoms with E-state index in [1.165, 1.54) is 25.7 Å². The second-order valence-corrected chi connectivity index (χ2v) is 5.02. The molecule has 0 heterocycles. The second kappa shape index (κ2) is 7.60. The van der Waals surface area contributed by atoms with Crippen molar-refractivity contribution in [1.29, 1.82) is 0 Å². The van der Waals surface area contributed by atoms with Crippen LogP contribution in [0.15, 0.2) is 12.1 Å². The van der Waals surface area contributed by atoms with E-state index >= 15 is 0 Å². The number of rotatable bonds is 5. The fourth-order valence-electron chi connectivity index (χ4n) is 2.88. The molecule has 1 fully saturated rings. The molecule has 0 aliphatic heterocycles. The van der Waals surface area contributed by atoms with Gasteiger partial charge in [0.15, 0.2) is 11.5 Å². The molecular formula is C15H24ClNO3. The number of nitrogens with two attached hydrogens (primary N) is 1. The van der Waals surface area contributed by atoms with Gasteiger partial charge in [-0.25, -0.2) is 0 Å². The quantitative estimate of drug-likeness (QED) is 0.906. The Balaban J connectivity index is 0.00000200. The monoisotopic (exact) mass is 301 g/mol. The van der Waals surface area contributed by atoms with Crippen LogP contribution in [-0.4, -0.2) is 21.3 Å². The third kappa shape index (κ3) is 3.30. The van der Waals surface area contributed by atoms with Gasteiger partial charge >= 0.3 is 0 Å². The van der Waals surface area contributed by atoms with Crippen LogP contribution < -0.4 is 19.9 Å². The minimum atomic E-state index is -0.00254. The van der Waals surface area contributed by atoms with Crippen LogP contribution in [0.3, 0.4) is 0 Å². The van der Waals surface area contributed by atoms with Gasteiger partial charge in [-0.15, -0.1) is 12.4 Å². The second-order valence-electron chi connectivity index (χ2n) is 5.02. The molecule has 1 aromatic rings. The maximum atomic E-state index is 6.42. The van der Waals surface area contributed by atoms with Crippen molar-refractivity contribution in [2.45, 2.75) is 31.7 Å². The summed E-state index contributed by atoms with van der Waals surface area (Å²) in [6, 6.07) is 3.79. The lowest BCUT2D eigenvalue weighted by atomic mass is 9.91. The highest BCUT2D eigenvalue weighted by Gasteiger charge is 2.26. The summed E-state index contributed by atoms with van der Waals surface area (Å²) in [4.78, 5) is 0. The number of methoxy groups -OCH3 is 3. The Kier molecular flexibility index (Phi) is 6.43. The van der Waals surface area contributed by atoms with Crippen molar-refractivity contribution in [2.75, 3.05) is 21.3 Å². The van der Waals surface area contributed by atoms with Gasteiger partial charge in [-0.2, -0.15) is 0 Å². The van der Waals surface area contributed by atoms with E-state index in [0.717, 1.165) is 11.3 Å². The van der Waals surface area contributed by atoms with Gasteiger partial charge in [-0.1, -0.05) is 12.8 Å². The standard InChI is InChI=1S/C15H23NO3.ClH/c1-17-12-9-14(19-3)13(18-2)8-11(12)15(16)10-6-4-5-7-10;/h8-10,15H,4-7,16H2,1-3H3;1H/t15-;/m1./s1. The molecule has 114 valence electrons. The summed E-state index contributed by atoms with van der Waals surface area (Å²) in [7, 11) is 4.91. The first-order valence-electron chi connectivity index (χ1n) is 6.76. The van der Waals surface area contributed by atoms with Crippen LogP contribution in [0.25, 0.3) is 0 Å². The van der Waals surface area contributed by atoms with Gasteiger partial charge in [-0.3, -0.25) is 0 Å². The lowest BCUT2D eigenvalue weighted by Crippen LogP contribution is -2.20. The molecule has 0 aromatic heterocycles. The average molecular weight is 302 g/mol. The molecule has 5 heteroatoms. The van der Waals surface area contributed by atoms with Crippen molar-refractivity contribution < 1.29 is 14.2 Å². The van der Waals surface area contributed by atoms with Gasteiger partial charge in [0.25, 0.3) is 0 Å². The van der Waals surface area contributed by atoms with Gasteiger partial charge in [0.2, 0.25) is 0 Å². The zero-order valence-electron chi connectivity index (χ0n) is 12.3. The van der Waals surface area contributed by atoms with E-state index in [0.29, 0.717) is 17.4 Å². The average Bonchev–Trinajstić information content (AvgIpc) is 2.99. The molecule has 0 unspecified atom stereocenters. The normalized spacial score (nSPS) is 16.4. The molecule has 1 atom stereocenters. The lowest BCUT2D eigenvalue weighted by Gasteiger charge is -2.23. The number of hydrogen-bond donors (Lipinski definition) is 1. The molecule has 0 spiro atoms. The molecule has 20 heavy (non-hydrogen) atoms. The predicted molar refractivity (Wildman–Crippen MR) is 82.2 cm³/mol. The van der Waals surface area contributed by atoms with Crippen LogP contribution in [0, 0.1) is 5.92 Å². The Morgan fingerprint density at radius 1 is 0.950 bits per heavy atom. The topological polar surface area (TPSA) is 53.7 Å². The molecule has 1 aliphatic carbocycles. The minimum Gasteiger partial charge on any atom is -0.496 e. The SMILES string of the molecule is COc1cc(OC)c([C@H](N)C2CCCC2)cc1OC.Cl. The van der Waals surface area contributed by atoms with Gasteiger partial charge in [0.1, 0.15) is 5.75 Å². The Hall–Kier alpha value is -1.13. The molecule has 2 N–H and O–H groups in total. The first kappa shape index (κ1) is 16.9. The van der Waals surface area contributed by atoms with E-state index in [-0.39, 0.29) is 18.4 Å². The molecule has 0 saturated heterocycles. The molecule has 0 radical (unpaired) electrons. The van der Waals surface area contributed by atoms with E-state index in [1.54, 1.807) is 21.3 Å². The summed E-state index contributed by atoms with van der Waals surface area (Å²) in [5, 5.41) is 0. The summed E-state index contributed by atoms with van der Waals surface area (Å²) in [6.45, 7) is 0. The third-order valence-electron chi connectivity index (χ3n) is 4.00. The maximum Gasteiger partial charge on any atom is 0.164 e. The van der Waals surface area contributed by atoms with Crippen molar-refractivity contribution in [3.63, 3.8) is 0 Å². The molecule has 2 rings (SSSR count). The van der Waals surface area contributed by atoms with Crippen LogP contribution in [-0.2, 0) is 0 Å². The Morgan fingerprint density at radius 2 is 1.45 bits per heavy atom. The first-order valence-corrected chi connectivity index (χ1v) is 6.76. The predicted octanol–water partition coefficient (Wildman–Crippen LogP) is 3.32. The highest BCUT2D eigenvalue weighted by Crippen LogP contribution is 2.42. The minimum absolute atomic E-state index is 0. The van der Waals surface area contributed by atoms with Crippen molar-refractivity contribution in [1.82, 2.24) is 0 Å². The van der Waals surface area contributed by atoms with Crippen LogP contribution in [0.2, 0.25) is 0 Å². The molecule has 1 saturated carbocycles. The number of hydrogen-bond acceptors (Lipinski definition) is 4. The van der Waals surface area contributed by atoms with E-state index in [2.05, 4.69) is 0 Å². The van der Waals surface area contributed by atoms with Crippen molar-refractivity contribution in [2.24, 2.45) is 11.7 Å². The fraction of sp³-hybridized carbons (Fsp3) is 0.600. The van der Waals surface area contributed by atoms with Crippen molar-refractivity contribution >= 4 is 12.4 Å².